The molecule has 0 atom stereocenters. The van der Waals surface area contributed by atoms with Crippen LogP contribution in [-0.2, 0) is 11.2 Å². The van der Waals surface area contributed by atoms with E-state index < -0.39 is 0 Å². The van der Waals surface area contributed by atoms with Gasteiger partial charge in [0.25, 0.3) is 0 Å². The van der Waals surface area contributed by atoms with Crippen LogP contribution in [0, 0.1) is 0 Å². The minimum Gasteiger partial charge on any atom is -0.300 e. The average molecular weight is 255 g/mol. The highest BCUT2D eigenvalue weighted by Gasteiger charge is 2.03. The van der Waals surface area contributed by atoms with Gasteiger partial charge in [-0.2, -0.15) is 0 Å². The Hall–Kier alpha value is -0.630. The first-order valence-corrected chi connectivity index (χ1v) is 5.78. The molecule has 0 fully saturated rings. The second-order valence-electron chi connectivity index (χ2n) is 3.38. The van der Waals surface area contributed by atoms with Crippen LogP contribution in [0.15, 0.2) is 28.7 Å². The van der Waals surface area contributed by atoms with Gasteiger partial charge in [0.1, 0.15) is 5.78 Å². The van der Waals surface area contributed by atoms with Gasteiger partial charge in [-0.25, -0.2) is 0 Å². The Morgan fingerprint density at radius 3 is 2.64 bits per heavy atom. The molecule has 0 saturated carbocycles. The zero-order valence-corrected chi connectivity index (χ0v) is 10.0. The maximum absolute atomic E-state index is 11.3. The number of Topliss-reactive ketones (excluding diaryl/α,β-unsaturated/α-hetero) is 1. The smallest absolute Gasteiger partial charge is 0.133 e. The zero-order chi connectivity index (χ0) is 10.4. The number of rotatable bonds is 5. The topological polar surface area (TPSA) is 17.1 Å². The van der Waals surface area contributed by atoms with E-state index in [0.717, 1.165) is 17.3 Å². The van der Waals surface area contributed by atoms with Crippen molar-refractivity contribution >= 4 is 21.7 Å². The molecule has 0 bridgehead atoms. The number of aryl methyl sites for hydroxylation is 1. The van der Waals surface area contributed by atoms with E-state index in [0.29, 0.717) is 18.6 Å². The van der Waals surface area contributed by atoms with E-state index >= 15 is 0 Å². The molecule has 0 aliphatic rings. The van der Waals surface area contributed by atoms with Crippen molar-refractivity contribution in [2.45, 2.75) is 32.6 Å². The van der Waals surface area contributed by atoms with Crippen molar-refractivity contribution in [1.29, 1.82) is 0 Å². The third-order valence-corrected chi connectivity index (χ3v) is 2.93. The van der Waals surface area contributed by atoms with Gasteiger partial charge in [-0.05, 0) is 24.5 Å². The maximum atomic E-state index is 11.3. The summed E-state index contributed by atoms with van der Waals surface area (Å²) in [7, 11) is 0. The molecule has 1 aromatic rings. The quantitative estimate of drug-likeness (QED) is 0.783. The lowest BCUT2D eigenvalue weighted by Crippen LogP contribution is -1.99. The summed E-state index contributed by atoms with van der Waals surface area (Å²) >= 11 is 3.47. The highest BCUT2D eigenvalue weighted by Crippen LogP contribution is 2.17. The first-order chi connectivity index (χ1) is 6.74. The average Bonchev–Trinajstić information content (AvgIpc) is 2.17. The Morgan fingerprint density at radius 2 is 2.00 bits per heavy atom. The van der Waals surface area contributed by atoms with Crippen LogP contribution in [0.25, 0.3) is 0 Å². The van der Waals surface area contributed by atoms with E-state index in [2.05, 4.69) is 22.0 Å². The number of benzene rings is 1. The van der Waals surface area contributed by atoms with Gasteiger partial charge in [-0.1, -0.05) is 41.1 Å². The molecule has 0 amide bonds. The summed E-state index contributed by atoms with van der Waals surface area (Å²) in [5, 5.41) is 0. The first kappa shape index (κ1) is 11.4. The molecule has 1 rings (SSSR count). The highest BCUT2D eigenvalue weighted by atomic mass is 79.9. The van der Waals surface area contributed by atoms with Crippen molar-refractivity contribution in [2.75, 3.05) is 0 Å². The SMILES string of the molecule is CCCC(=O)CCc1ccccc1Br. The third-order valence-electron chi connectivity index (χ3n) is 2.16. The predicted octanol–water partition coefficient (Wildman–Crippen LogP) is 3.75. The number of hydrogen-bond donors (Lipinski definition) is 0. The Kier molecular flexibility index (Phi) is 4.88. The summed E-state index contributed by atoms with van der Waals surface area (Å²) in [4.78, 5) is 11.3. The second-order valence-corrected chi connectivity index (χ2v) is 4.23. The molecule has 0 spiro atoms. The molecule has 2 heteroatoms. The predicted molar refractivity (Wildman–Crippen MR) is 62.4 cm³/mol. The van der Waals surface area contributed by atoms with Gasteiger partial charge >= 0.3 is 0 Å². The lowest BCUT2D eigenvalue weighted by atomic mass is 10.1. The number of carbonyl (C=O) groups is 1. The van der Waals surface area contributed by atoms with E-state index in [1.165, 1.54) is 5.56 Å². The lowest BCUT2D eigenvalue weighted by molar-refractivity contribution is -0.119. The van der Waals surface area contributed by atoms with Crippen LogP contribution in [0.3, 0.4) is 0 Å². The number of halogens is 1. The second kappa shape index (κ2) is 5.97. The van der Waals surface area contributed by atoms with Crippen molar-refractivity contribution in [3.05, 3.63) is 34.3 Å². The van der Waals surface area contributed by atoms with Crippen molar-refractivity contribution in [3.63, 3.8) is 0 Å². The summed E-state index contributed by atoms with van der Waals surface area (Å²) in [6.45, 7) is 2.04. The summed E-state index contributed by atoms with van der Waals surface area (Å²) in [6.07, 6.45) is 3.18. The van der Waals surface area contributed by atoms with E-state index in [9.17, 15) is 4.79 Å². The monoisotopic (exact) mass is 254 g/mol. The molecule has 0 aliphatic carbocycles. The van der Waals surface area contributed by atoms with Crippen LogP contribution in [0.5, 0.6) is 0 Å². The first-order valence-electron chi connectivity index (χ1n) is 4.99. The maximum Gasteiger partial charge on any atom is 0.133 e. The summed E-state index contributed by atoms with van der Waals surface area (Å²) in [5.74, 6) is 0.364. The normalized spacial score (nSPS) is 10.1. The molecule has 0 heterocycles. The van der Waals surface area contributed by atoms with Crippen LogP contribution in [0.4, 0.5) is 0 Å². The fourth-order valence-corrected chi connectivity index (χ4v) is 1.86. The van der Waals surface area contributed by atoms with Crippen LogP contribution in [0.2, 0.25) is 0 Å². The molecule has 0 N–H and O–H groups in total. The van der Waals surface area contributed by atoms with Gasteiger partial charge in [-0.15, -0.1) is 0 Å². The van der Waals surface area contributed by atoms with E-state index in [1.807, 2.05) is 25.1 Å². The van der Waals surface area contributed by atoms with Crippen molar-refractivity contribution < 1.29 is 4.79 Å². The molecule has 14 heavy (non-hydrogen) atoms. The molecule has 1 aromatic carbocycles. The summed E-state index contributed by atoms with van der Waals surface area (Å²) in [5.41, 5.74) is 1.22. The van der Waals surface area contributed by atoms with Gasteiger partial charge in [0.2, 0.25) is 0 Å². The molecule has 76 valence electrons. The van der Waals surface area contributed by atoms with Crippen molar-refractivity contribution in [2.24, 2.45) is 0 Å². The van der Waals surface area contributed by atoms with Crippen LogP contribution < -0.4 is 0 Å². The number of ketones is 1. The van der Waals surface area contributed by atoms with Crippen LogP contribution in [-0.4, -0.2) is 5.78 Å². The van der Waals surface area contributed by atoms with Crippen LogP contribution >= 0.6 is 15.9 Å². The molecular formula is C12H15BrO. The Bertz CT molecular complexity index is 307. The van der Waals surface area contributed by atoms with E-state index in [4.69, 9.17) is 0 Å². The van der Waals surface area contributed by atoms with Crippen LogP contribution in [0.1, 0.15) is 31.7 Å². The Morgan fingerprint density at radius 1 is 1.29 bits per heavy atom. The largest absolute Gasteiger partial charge is 0.300 e. The molecular weight excluding hydrogens is 240 g/mol. The third kappa shape index (κ3) is 3.62. The fourth-order valence-electron chi connectivity index (χ4n) is 1.38. The summed E-state index contributed by atoms with van der Waals surface area (Å²) in [6, 6.07) is 8.06. The van der Waals surface area contributed by atoms with Crippen molar-refractivity contribution in [3.8, 4) is 0 Å². The molecule has 1 nitrogen and oxygen atoms in total. The van der Waals surface area contributed by atoms with E-state index in [-0.39, 0.29) is 0 Å². The minimum atomic E-state index is 0.364. The Balaban J connectivity index is 2.46. The van der Waals surface area contributed by atoms with Gasteiger partial charge in [0, 0.05) is 17.3 Å². The summed E-state index contributed by atoms with van der Waals surface area (Å²) < 4.78 is 1.10. The molecule has 0 radical (unpaired) electrons. The fraction of sp³-hybridized carbons (Fsp3) is 0.417. The molecule has 0 aromatic heterocycles. The zero-order valence-electron chi connectivity index (χ0n) is 8.42. The van der Waals surface area contributed by atoms with Gasteiger partial charge in [-0.3, -0.25) is 4.79 Å². The minimum absolute atomic E-state index is 0.364. The van der Waals surface area contributed by atoms with Gasteiger partial charge < -0.3 is 0 Å². The van der Waals surface area contributed by atoms with Crippen molar-refractivity contribution in [1.82, 2.24) is 0 Å². The van der Waals surface area contributed by atoms with Gasteiger partial charge in [0.15, 0.2) is 0 Å². The molecule has 0 saturated heterocycles. The van der Waals surface area contributed by atoms with Gasteiger partial charge in [0.05, 0.1) is 0 Å². The standard InChI is InChI=1S/C12H15BrO/c1-2-5-11(14)9-8-10-6-3-4-7-12(10)13/h3-4,6-7H,2,5,8-9H2,1H3. The number of hydrogen-bond acceptors (Lipinski definition) is 1. The Labute approximate surface area is 93.7 Å². The highest BCUT2D eigenvalue weighted by molar-refractivity contribution is 9.10. The number of carbonyl (C=O) groups excluding carboxylic acids is 1. The molecule has 0 unspecified atom stereocenters. The molecule has 0 aliphatic heterocycles. The lowest BCUT2D eigenvalue weighted by Gasteiger charge is -2.02. The van der Waals surface area contributed by atoms with E-state index in [1.54, 1.807) is 0 Å².